The molecule has 0 spiro atoms. The van der Waals surface area contributed by atoms with Crippen LogP contribution in [-0.2, 0) is 41.1 Å². The lowest BCUT2D eigenvalue weighted by atomic mass is 9.93. The van der Waals surface area contributed by atoms with Gasteiger partial charge in [-0.25, -0.2) is 4.39 Å². The average molecular weight is 863 g/mol. The van der Waals surface area contributed by atoms with E-state index in [1.807, 2.05) is 0 Å². The molecule has 3 aromatic carbocycles. The zero-order valence-electron chi connectivity index (χ0n) is 36.2. The second-order valence-electron chi connectivity index (χ2n) is 15.0. The smallest absolute Gasteiger partial charge is 0.274 e. The Balaban J connectivity index is 1.08. The summed E-state index contributed by atoms with van der Waals surface area (Å²) in [5.74, 6) is 0.671. The van der Waals surface area contributed by atoms with E-state index in [9.17, 15) is 19.1 Å². The van der Waals surface area contributed by atoms with E-state index >= 15 is 0 Å². The van der Waals surface area contributed by atoms with Gasteiger partial charge in [0.05, 0.1) is 84.9 Å². The van der Waals surface area contributed by atoms with Gasteiger partial charge in [-0.1, -0.05) is 6.07 Å². The molecule has 62 heavy (non-hydrogen) atoms. The molecular formula is C46H59FN4O11. The molecule has 15 nitrogen and oxygen atoms in total. The number of nitrogens with two attached hydrogens (primary N) is 1. The Morgan fingerprint density at radius 3 is 1.82 bits per heavy atom. The fraction of sp³-hybridized carbons (Fsp3) is 0.435. The first-order valence-corrected chi connectivity index (χ1v) is 20.6. The van der Waals surface area contributed by atoms with Crippen molar-refractivity contribution in [2.75, 3.05) is 97.8 Å². The number of aliphatic hydroxyl groups is 1. The molecule has 0 aliphatic rings. The van der Waals surface area contributed by atoms with Gasteiger partial charge in [-0.05, 0) is 99.0 Å². The van der Waals surface area contributed by atoms with E-state index in [4.69, 9.17) is 43.6 Å². The second kappa shape index (κ2) is 23.9. The minimum absolute atomic E-state index is 0.161. The van der Waals surface area contributed by atoms with E-state index in [1.165, 1.54) is 16.7 Å². The van der Waals surface area contributed by atoms with Gasteiger partial charge in [0.1, 0.15) is 40.9 Å². The molecule has 0 fully saturated rings. The van der Waals surface area contributed by atoms with Crippen LogP contribution >= 0.6 is 0 Å². The van der Waals surface area contributed by atoms with Crippen LogP contribution in [0.25, 0.3) is 22.0 Å². The van der Waals surface area contributed by atoms with E-state index in [-0.39, 0.29) is 22.6 Å². The third-order valence-electron chi connectivity index (χ3n) is 9.55. The number of hydrogen-bond acceptors (Lipinski definition) is 12. The Labute approximate surface area is 361 Å². The van der Waals surface area contributed by atoms with Gasteiger partial charge in [0, 0.05) is 42.0 Å². The Hall–Kier alpha value is -5.17. The van der Waals surface area contributed by atoms with Gasteiger partial charge < -0.3 is 63.6 Å². The Morgan fingerprint density at radius 1 is 0.758 bits per heavy atom. The number of carbonyl (C=O) groups is 1. The fourth-order valence-electron chi connectivity index (χ4n) is 6.39. The summed E-state index contributed by atoms with van der Waals surface area (Å²) >= 11 is 0. The SMILES string of the molecule is Cc1cc(F)cc(C)c1Oc1ccc(C(C)(C)O)cc1-c1cn(C)c(=O)c2[nH]c(C(=O)Nc3ccc(OCCOCCOCCOCCOCCOCCOCCN)cc3)cc12. The van der Waals surface area contributed by atoms with Gasteiger partial charge in [0.25, 0.3) is 11.5 Å². The number of nitrogens with one attached hydrogen (secondary N) is 2. The molecule has 0 unspecified atom stereocenters. The predicted molar refractivity (Wildman–Crippen MR) is 234 cm³/mol. The van der Waals surface area contributed by atoms with Crippen molar-refractivity contribution in [3.8, 4) is 28.4 Å². The van der Waals surface area contributed by atoms with Gasteiger partial charge in [0.15, 0.2) is 0 Å². The predicted octanol–water partition coefficient (Wildman–Crippen LogP) is 6.00. The van der Waals surface area contributed by atoms with Crippen LogP contribution in [0.4, 0.5) is 10.1 Å². The topological polar surface area (TPSA) is 187 Å². The zero-order valence-corrected chi connectivity index (χ0v) is 36.2. The molecular weight excluding hydrogens is 804 g/mol. The number of ether oxygens (including phenoxy) is 8. The van der Waals surface area contributed by atoms with Crippen LogP contribution in [0.3, 0.4) is 0 Å². The molecule has 0 saturated carbocycles. The molecule has 0 radical (unpaired) electrons. The maximum atomic E-state index is 14.2. The number of fused-ring (bicyclic) bond motifs is 1. The highest BCUT2D eigenvalue weighted by Gasteiger charge is 2.23. The standard InChI is InChI=1S/C46H59FN4O11/c1-31-26-34(47)27-32(2)43(31)62-41-11-6-33(46(3,4)54)28-37(41)39-30-51(5)45(53)42-38(39)29-40(50-42)44(52)49-35-7-9-36(10-8-35)61-25-24-60-23-22-59-21-20-58-19-18-57-17-16-56-15-14-55-13-12-48/h6-11,26-30,50,54H,12-25,48H2,1-5H3,(H,49,52). The van der Waals surface area contributed by atoms with Crippen LogP contribution in [0.2, 0.25) is 0 Å². The number of anilines is 1. The van der Waals surface area contributed by atoms with Crippen LogP contribution in [-0.4, -0.2) is 113 Å². The molecule has 1 amide bonds. The van der Waals surface area contributed by atoms with E-state index in [2.05, 4.69) is 10.3 Å². The van der Waals surface area contributed by atoms with Crippen LogP contribution in [0.15, 0.2) is 71.7 Å². The molecule has 5 aromatic rings. The summed E-state index contributed by atoms with van der Waals surface area (Å²) in [4.78, 5) is 30.0. The van der Waals surface area contributed by atoms with Gasteiger partial charge in [0.2, 0.25) is 0 Å². The van der Waals surface area contributed by atoms with E-state index in [0.29, 0.717) is 149 Å². The molecule has 2 heterocycles. The van der Waals surface area contributed by atoms with Crippen molar-refractivity contribution in [3.63, 3.8) is 0 Å². The number of rotatable bonds is 27. The lowest BCUT2D eigenvalue weighted by Crippen LogP contribution is -2.18. The number of nitrogens with zero attached hydrogens (tertiary/aromatic N) is 1. The van der Waals surface area contributed by atoms with Crippen LogP contribution in [0.5, 0.6) is 17.2 Å². The van der Waals surface area contributed by atoms with Crippen molar-refractivity contribution in [1.82, 2.24) is 9.55 Å². The molecule has 5 rings (SSSR count). The number of carbonyl (C=O) groups excluding carboxylic acids is 1. The molecule has 2 aromatic heterocycles. The number of aromatic nitrogens is 2. The van der Waals surface area contributed by atoms with Crippen LogP contribution in [0, 0.1) is 19.7 Å². The number of aromatic amines is 1. The molecule has 0 saturated heterocycles. The highest BCUT2D eigenvalue weighted by Crippen LogP contribution is 2.41. The third-order valence-corrected chi connectivity index (χ3v) is 9.55. The van der Waals surface area contributed by atoms with Gasteiger partial charge in [-0.3, -0.25) is 9.59 Å². The summed E-state index contributed by atoms with van der Waals surface area (Å²) in [5, 5.41) is 14.3. The summed E-state index contributed by atoms with van der Waals surface area (Å²) in [5.41, 5.74) is 7.66. The maximum Gasteiger partial charge on any atom is 0.274 e. The molecule has 5 N–H and O–H groups in total. The number of pyridine rings is 1. The largest absolute Gasteiger partial charge is 0.491 e. The van der Waals surface area contributed by atoms with E-state index in [1.54, 1.807) is 89.5 Å². The van der Waals surface area contributed by atoms with Gasteiger partial charge in [-0.15, -0.1) is 0 Å². The minimum Gasteiger partial charge on any atom is -0.491 e. The highest BCUT2D eigenvalue weighted by molar-refractivity contribution is 6.08. The Morgan fingerprint density at radius 2 is 1.29 bits per heavy atom. The molecule has 336 valence electrons. The number of hydrogen-bond donors (Lipinski definition) is 4. The first-order chi connectivity index (χ1) is 29.8. The normalized spacial score (nSPS) is 11.7. The Bertz CT molecular complexity index is 2230. The van der Waals surface area contributed by atoms with Crippen molar-refractivity contribution in [2.24, 2.45) is 12.8 Å². The van der Waals surface area contributed by atoms with Crippen molar-refractivity contribution < 1.29 is 52.2 Å². The zero-order chi connectivity index (χ0) is 44.5. The lowest BCUT2D eigenvalue weighted by Gasteiger charge is -2.22. The summed E-state index contributed by atoms with van der Waals surface area (Å²) in [7, 11) is 1.62. The summed E-state index contributed by atoms with van der Waals surface area (Å²) < 4.78 is 60.5. The lowest BCUT2D eigenvalue weighted by molar-refractivity contribution is -0.0175. The first-order valence-electron chi connectivity index (χ1n) is 20.6. The number of aryl methyl sites for hydroxylation is 3. The number of halogens is 1. The van der Waals surface area contributed by atoms with Crippen molar-refractivity contribution >= 4 is 22.5 Å². The first kappa shape index (κ1) is 47.9. The second-order valence-corrected chi connectivity index (χ2v) is 15.0. The Kier molecular flexibility index (Phi) is 18.4. The minimum atomic E-state index is -1.20. The third kappa shape index (κ3) is 14.2. The molecule has 0 aliphatic carbocycles. The van der Waals surface area contributed by atoms with E-state index < -0.39 is 11.5 Å². The van der Waals surface area contributed by atoms with Crippen LogP contribution < -0.4 is 26.1 Å². The van der Waals surface area contributed by atoms with Gasteiger partial charge in [-0.2, -0.15) is 0 Å². The maximum absolute atomic E-state index is 14.2. The molecule has 0 aliphatic heterocycles. The summed E-state index contributed by atoms with van der Waals surface area (Å²) in [6.45, 7) is 13.3. The number of benzene rings is 3. The van der Waals surface area contributed by atoms with Crippen LogP contribution in [0.1, 0.15) is 41.0 Å². The molecule has 0 atom stereocenters. The average Bonchev–Trinajstić information content (AvgIpc) is 3.69. The van der Waals surface area contributed by atoms with Crippen molar-refractivity contribution in [1.29, 1.82) is 0 Å². The number of amides is 1. The van der Waals surface area contributed by atoms with Crippen molar-refractivity contribution in [2.45, 2.75) is 33.3 Å². The monoisotopic (exact) mass is 862 g/mol. The van der Waals surface area contributed by atoms with E-state index in [0.717, 1.165) is 0 Å². The van der Waals surface area contributed by atoms with Gasteiger partial charge >= 0.3 is 0 Å². The number of H-pyrrole nitrogens is 1. The summed E-state index contributed by atoms with van der Waals surface area (Å²) in [6.07, 6.45) is 1.67. The molecule has 0 bridgehead atoms. The van der Waals surface area contributed by atoms with Crippen molar-refractivity contribution in [3.05, 3.63) is 105 Å². The summed E-state index contributed by atoms with van der Waals surface area (Å²) in [6, 6.07) is 16.6. The quantitative estimate of drug-likeness (QED) is 0.0452. The fourth-order valence-corrected chi connectivity index (χ4v) is 6.39. The molecule has 16 heteroatoms. The highest BCUT2D eigenvalue weighted by atomic mass is 19.1.